The van der Waals surface area contributed by atoms with E-state index in [4.69, 9.17) is 0 Å². The first-order chi connectivity index (χ1) is 19.8. The molecular weight excluding hydrogens is 580 g/mol. The summed E-state index contributed by atoms with van der Waals surface area (Å²) < 4.78 is 82.0. The Kier molecular flexibility index (Phi) is 8.48. The van der Waals surface area contributed by atoms with E-state index in [2.05, 4.69) is 5.32 Å². The van der Waals surface area contributed by atoms with Gasteiger partial charge in [0.1, 0.15) is 5.54 Å². The van der Waals surface area contributed by atoms with Crippen LogP contribution in [0.4, 0.5) is 26.3 Å². The Hall–Kier alpha value is -3.45. The van der Waals surface area contributed by atoms with Crippen molar-refractivity contribution in [3.8, 4) is 0 Å². The van der Waals surface area contributed by atoms with Gasteiger partial charge in [-0.25, -0.2) is 0 Å². The molecule has 0 bridgehead atoms. The number of alkyl halides is 6. The van der Waals surface area contributed by atoms with E-state index in [1.807, 2.05) is 0 Å². The molecule has 13 heteroatoms. The van der Waals surface area contributed by atoms with Crippen molar-refractivity contribution in [3.63, 3.8) is 0 Å². The van der Waals surface area contributed by atoms with Gasteiger partial charge in [0.25, 0.3) is 0 Å². The maximum atomic E-state index is 14.6. The number of halogens is 6. The Balaban J connectivity index is 1.86. The van der Waals surface area contributed by atoms with Gasteiger partial charge >= 0.3 is 12.4 Å². The second kappa shape index (κ2) is 11.2. The highest BCUT2D eigenvalue weighted by Crippen LogP contribution is 2.44. The van der Waals surface area contributed by atoms with Crippen LogP contribution in [0.5, 0.6) is 0 Å². The first kappa shape index (κ1) is 32.5. The number of rotatable bonds is 6. The first-order valence-electron chi connectivity index (χ1n) is 13.6. The van der Waals surface area contributed by atoms with Gasteiger partial charge in [-0.15, -0.1) is 0 Å². The maximum Gasteiger partial charge on any atom is 0.416 e. The van der Waals surface area contributed by atoms with Crippen LogP contribution in [0.2, 0.25) is 0 Å². The van der Waals surface area contributed by atoms with Crippen LogP contribution in [0.3, 0.4) is 0 Å². The predicted molar refractivity (Wildman–Crippen MR) is 144 cm³/mol. The van der Waals surface area contributed by atoms with E-state index in [0.717, 1.165) is 4.90 Å². The highest BCUT2D eigenvalue weighted by molar-refractivity contribution is 6.01. The number of benzene rings is 2. The normalized spacial score (nSPS) is 24.7. The van der Waals surface area contributed by atoms with Crippen LogP contribution in [0.1, 0.15) is 55.4 Å². The van der Waals surface area contributed by atoms with Crippen molar-refractivity contribution >= 4 is 17.6 Å². The molecule has 2 heterocycles. The van der Waals surface area contributed by atoms with Gasteiger partial charge in [0, 0.05) is 45.9 Å². The lowest BCUT2D eigenvalue weighted by Gasteiger charge is -2.46. The summed E-state index contributed by atoms with van der Waals surface area (Å²) in [5.41, 5.74) is -6.65. The summed E-state index contributed by atoms with van der Waals surface area (Å²) in [6, 6.07) is 8.63. The molecule has 2 aliphatic heterocycles. The number of carbonyl (C=O) groups is 3. The topological polar surface area (TPSA) is 90.0 Å². The van der Waals surface area contributed by atoms with Crippen LogP contribution in [-0.2, 0) is 32.2 Å². The number of aliphatic hydroxyl groups excluding tert-OH is 1. The molecule has 43 heavy (non-hydrogen) atoms. The molecule has 0 aromatic heterocycles. The Bertz CT molecular complexity index is 1360. The van der Waals surface area contributed by atoms with Crippen LogP contribution < -0.4 is 5.32 Å². The number of likely N-dealkylation sites (tertiary alicyclic amines) is 1. The van der Waals surface area contributed by atoms with Gasteiger partial charge in [-0.3, -0.25) is 14.4 Å². The van der Waals surface area contributed by atoms with Gasteiger partial charge in [0.15, 0.2) is 5.78 Å². The predicted octanol–water partition coefficient (Wildman–Crippen LogP) is 4.14. The lowest BCUT2D eigenvalue weighted by Crippen LogP contribution is -2.66. The number of hydrogen-bond donors (Lipinski definition) is 2. The summed E-state index contributed by atoms with van der Waals surface area (Å²) in [5, 5.41) is 13.5. The fraction of sp³-hybridized carbons (Fsp3) is 0.500. The zero-order chi connectivity index (χ0) is 32.1. The van der Waals surface area contributed by atoms with Crippen LogP contribution in [0.25, 0.3) is 0 Å². The van der Waals surface area contributed by atoms with Gasteiger partial charge in [0.2, 0.25) is 11.8 Å². The number of β-amino-alcohol motifs (C(OH)–C–C–N with tert-alkyl or cyclic N) is 1. The highest BCUT2D eigenvalue weighted by atomic mass is 19.4. The standard InChI is InChI=1S/C30H33F6N3O4/c1-17(40)39-15-22(41)13-24(39)25(42)28(16-37-14-23(28)18-8-6-5-7-9-18)38(4)26(43)27(2,3)19-10-20(29(31,32)33)12-21(11-19)30(34,35)36/h5-12,22-24,37,41H,13-16H2,1-4H3/t22-,23+,24+,28-/m1/s1. The molecular formula is C30H33F6N3O4. The molecule has 0 saturated carbocycles. The molecule has 2 N–H and O–H groups in total. The van der Waals surface area contributed by atoms with E-state index in [-0.39, 0.29) is 32.1 Å². The molecule has 2 fully saturated rings. The summed E-state index contributed by atoms with van der Waals surface area (Å²) in [5.74, 6) is -2.62. The second-order valence-electron chi connectivity index (χ2n) is 11.7. The molecule has 4 atom stereocenters. The van der Waals surface area contributed by atoms with Crippen molar-refractivity contribution in [2.75, 3.05) is 26.7 Å². The number of ketones is 1. The number of aliphatic hydroxyl groups is 1. The molecule has 2 saturated heterocycles. The Labute approximate surface area is 244 Å². The third-order valence-electron chi connectivity index (χ3n) is 8.68. The van der Waals surface area contributed by atoms with Crippen molar-refractivity contribution < 1.29 is 45.8 Å². The van der Waals surface area contributed by atoms with E-state index < -0.39 is 75.7 Å². The summed E-state index contributed by atoms with van der Waals surface area (Å²) in [7, 11) is 1.30. The molecule has 2 aromatic carbocycles. The van der Waals surface area contributed by atoms with Crippen molar-refractivity contribution in [1.29, 1.82) is 0 Å². The highest BCUT2D eigenvalue weighted by Gasteiger charge is 2.59. The maximum absolute atomic E-state index is 14.6. The number of nitrogens with zero attached hydrogens (tertiary/aromatic N) is 2. The summed E-state index contributed by atoms with van der Waals surface area (Å²) >= 11 is 0. The van der Waals surface area contributed by atoms with Crippen LogP contribution in [-0.4, -0.2) is 76.9 Å². The lowest BCUT2D eigenvalue weighted by molar-refractivity contribution is -0.152. The largest absolute Gasteiger partial charge is 0.416 e. The van der Waals surface area contributed by atoms with Gasteiger partial charge in [0.05, 0.1) is 28.7 Å². The molecule has 234 valence electrons. The number of carbonyl (C=O) groups excluding carboxylic acids is 3. The van der Waals surface area contributed by atoms with E-state index in [0.29, 0.717) is 17.7 Å². The second-order valence-corrected chi connectivity index (χ2v) is 11.7. The number of nitrogens with one attached hydrogen (secondary N) is 1. The van der Waals surface area contributed by atoms with Gasteiger partial charge < -0.3 is 20.2 Å². The van der Waals surface area contributed by atoms with Crippen molar-refractivity contribution in [3.05, 3.63) is 70.8 Å². The lowest BCUT2D eigenvalue weighted by atomic mass is 9.73. The molecule has 2 aromatic rings. The van der Waals surface area contributed by atoms with E-state index >= 15 is 0 Å². The Morgan fingerprint density at radius 3 is 2.00 bits per heavy atom. The number of Topliss-reactive ketones (excluding diaryl/α,β-unsaturated/α-hetero) is 1. The van der Waals surface area contributed by atoms with Crippen LogP contribution >= 0.6 is 0 Å². The Morgan fingerprint density at radius 2 is 1.49 bits per heavy atom. The molecule has 2 aliphatic rings. The monoisotopic (exact) mass is 613 g/mol. The zero-order valence-electron chi connectivity index (χ0n) is 24.0. The van der Waals surface area contributed by atoms with E-state index in [9.17, 15) is 45.8 Å². The van der Waals surface area contributed by atoms with Crippen molar-refractivity contribution in [2.24, 2.45) is 0 Å². The molecule has 0 radical (unpaired) electrons. The summed E-state index contributed by atoms with van der Waals surface area (Å²) in [4.78, 5) is 43.6. The minimum atomic E-state index is -5.12. The van der Waals surface area contributed by atoms with Crippen LogP contribution in [0, 0.1) is 0 Å². The van der Waals surface area contributed by atoms with Gasteiger partial charge in [-0.05, 0) is 43.2 Å². The average Bonchev–Trinajstić information content (AvgIpc) is 3.56. The summed E-state index contributed by atoms with van der Waals surface area (Å²) in [6.45, 7) is 3.68. The van der Waals surface area contributed by atoms with Crippen molar-refractivity contribution in [2.45, 2.75) is 68.6 Å². The number of likely N-dealkylation sites (N-methyl/N-ethyl adjacent to an activating group) is 1. The molecule has 4 rings (SSSR count). The summed E-state index contributed by atoms with van der Waals surface area (Å²) in [6.07, 6.45) is -11.3. The zero-order valence-corrected chi connectivity index (χ0v) is 24.0. The van der Waals surface area contributed by atoms with Gasteiger partial charge in [-0.1, -0.05) is 30.3 Å². The fourth-order valence-electron chi connectivity index (χ4n) is 6.29. The fourth-order valence-corrected chi connectivity index (χ4v) is 6.29. The first-order valence-corrected chi connectivity index (χ1v) is 13.6. The third-order valence-corrected chi connectivity index (χ3v) is 8.68. The quantitative estimate of drug-likeness (QED) is 0.479. The van der Waals surface area contributed by atoms with E-state index in [1.165, 1.54) is 32.7 Å². The number of hydrogen-bond acceptors (Lipinski definition) is 5. The molecule has 7 nitrogen and oxygen atoms in total. The minimum Gasteiger partial charge on any atom is -0.391 e. The molecule has 0 aliphatic carbocycles. The molecule has 0 spiro atoms. The SMILES string of the molecule is CC(=O)N1C[C@H](O)C[C@H]1C(=O)[C@@]1(N(C)C(=O)C(C)(C)c2cc(C(F)(F)F)cc(C(F)(F)F)c2)CNC[C@H]1c1ccccc1. The van der Waals surface area contributed by atoms with Crippen molar-refractivity contribution in [1.82, 2.24) is 15.1 Å². The third kappa shape index (κ3) is 5.88. The number of amides is 2. The molecule has 0 unspecified atom stereocenters. The average molecular weight is 614 g/mol. The van der Waals surface area contributed by atoms with E-state index in [1.54, 1.807) is 30.3 Å². The van der Waals surface area contributed by atoms with Gasteiger partial charge in [-0.2, -0.15) is 26.3 Å². The molecule has 2 amide bonds. The smallest absolute Gasteiger partial charge is 0.391 e. The Morgan fingerprint density at radius 1 is 0.953 bits per heavy atom. The minimum absolute atomic E-state index is 0.00708. The van der Waals surface area contributed by atoms with Crippen LogP contribution in [0.15, 0.2) is 48.5 Å².